The van der Waals surface area contributed by atoms with Crippen molar-refractivity contribution in [3.63, 3.8) is 0 Å². The second-order valence-corrected chi connectivity index (χ2v) is 3.54. The van der Waals surface area contributed by atoms with Crippen LogP contribution < -0.4 is 10.6 Å². The average molecular weight is 360 g/mol. The first-order valence-electron chi connectivity index (χ1n) is 5.52. The van der Waals surface area contributed by atoms with Gasteiger partial charge < -0.3 is 10.6 Å². The van der Waals surface area contributed by atoms with Crippen molar-refractivity contribution in [2.24, 2.45) is 4.99 Å². The fourth-order valence-electron chi connectivity index (χ4n) is 1.63. The Kier molecular flexibility index (Phi) is 5.83. The average Bonchev–Trinajstić information content (AvgIpc) is 2.78. The SMILES string of the molecule is CN=C(NC)NCCc1nnc2ccccn12.I. The van der Waals surface area contributed by atoms with Crippen molar-refractivity contribution >= 4 is 35.6 Å². The quantitative estimate of drug-likeness (QED) is 0.480. The molecule has 0 radical (unpaired) electrons. The van der Waals surface area contributed by atoms with Gasteiger partial charge in [0.1, 0.15) is 5.82 Å². The molecule has 0 unspecified atom stereocenters. The first-order chi connectivity index (χ1) is 8.35. The summed E-state index contributed by atoms with van der Waals surface area (Å²) < 4.78 is 1.99. The number of aliphatic imine (C=N–C) groups is 1. The van der Waals surface area contributed by atoms with E-state index in [9.17, 15) is 0 Å². The summed E-state index contributed by atoms with van der Waals surface area (Å²) in [4.78, 5) is 4.04. The highest BCUT2D eigenvalue weighted by atomic mass is 127. The van der Waals surface area contributed by atoms with Crippen LogP contribution in [-0.2, 0) is 6.42 Å². The highest BCUT2D eigenvalue weighted by Gasteiger charge is 2.03. The Morgan fingerprint density at radius 2 is 2.22 bits per heavy atom. The van der Waals surface area contributed by atoms with E-state index in [4.69, 9.17) is 0 Å². The van der Waals surface area contributed by atoms with E-state index in [0.717, 1.165) is 30.4 Å². The molecule has 0 atom stereocenters. The lowest BCUT2D eigenvalue weighted by Crippen LogP contribution is -2.36. The number of nitrogens with zero attached hydrogens (tertiary/aromatic N) is 4. The van der Waals surface area contributed by atoms with E-state index < -0.39 is 0 Å². The van der Waals surface area contributed by atoms with E-state index in [1.807, 2.05) is 35.8 Å². The Balaban J connectivity index is 0.00000162. The van der Waals surface area contributed by atoms with Gasteiger partial charge in [-0.05, 0) is 12.1 Å². The molecule has 0 saturated heterocycles. The molecule has 0 amide bonds. The molecule has 2 N–H and O–H groups in total. The van der Waals surface area contributed by atoms with Crippen molar-refractivity contribution in [2.45, 2.75) is 6.42 Å². The highest BCUT2D eigenvalue weighted by molar-refractivity contribution is 14.0. The fourth-order valence-corrected chi connectivity index (χ4v) is 1.63. The maximum absolute atomic E-state index is 4.16. The zero-order valence-electron chi connectivity index (χ0n) is 10.4. The summed E-state index contributed by atoms with van der Waals surface area (Å²) in [5, 5.41) is 14.4. The van der Waals surface area contributed by atoms with Crippen molar-refractivity contribution in [3.8, 4) is 0 Å². The van der Waals surface area contributed by atoms with E-state index in [1.54, 1.807) is 7.05 Å². The zero-order chi connectivity index (χ0) is 12.1. The van der Waals surface area contributed by atoms with Crippen molar-refractivity contribution < 1.29 is 0 Å². The van der Waals surface area contributed by atoms with Gasteiger partial charge in [-0.2, -0.15) is 0 Å². The smallest absolute Gasteiger partial charge is 0.190 e. The minimum absolute atomic E-state index is 0. The molecule has 2 rings (SSSR count). The molecule has 0 fully saturated rings. The molecule has 6 nitrogen and oxygen atoms in total. The lowest BCUT2D eigenvalue weighted by molar-refractivity contribution is 0.780. The first-order valence-corrected chi connectivity index (χ1v) is 5.52. The monoisotopic (exact) mass is 360 g/mol. The maximum Gasteiger partial charge on any atom is 0.190 e. The molecule has 0 bridgehead atoms. The first kappa shape index (κ1) is 14.7. The molecule has 18 heavy (non-hydrogen) atoms. The third-order valence-electron chi connectivity index (χ3n) is 2.49. The number of halogens is 1. The highest BCUT2D eigenvalue weighted by Crippen LogP contribution is 2.02. The number of guanidine groups is 1. The van der Waals surface area contributed by atoms with Crippen LogP contribution in [0.3, 0.4) is 0 Å². The predicted octanol–water partition coefficient (Wildman–Crippen LogP) is 0.685. The maximum atomic E-state index is 4.16. The number of fused-ring (bicyclic) bond motifs is 1. The molecular formula is C11H17IN6. The van der Waals surface area contributed by atoms with Crippen LogP contribution in [0, 0.1) is 0 Å². The summed E-state index contributed by atoms with van der Waals surface area (Å²) in [5.41, 5.74) is 0.875. The van der Waals surface area contributed by atoms with Crippen LogP contribution in [0.4, 0.5) is 0 Å². The largest absolute Gasteiger partial charge is 0.359 e. The second kappa shape index (κ2) is 7.14. The molecule has 2 aromatic heterocycles. The van der Waals surface area contributed by atoms with Gasteiger partial charge in [-0.1, -0.05) is 6.07 Å². The van der Waals surface area contributed by atoms with Crippen molar-refractivity contribution in [2.75, 3.05) is 20.6 Å². The third-order valence-corrected chi connectivity index (χ3v) is 2.49. The number of nitrogens with one attached hydrogen (secondary N) is 2. The van der Waals surface area contributed by atoms with Crippen LogP contribution in [0.5, 0.6) is 0 Å². The summed E-state index contributed by atoms with van der Waals surface area (Å²) in [6.45, 7) is 0.767. The minimum Gasteiger partial charge on any atom is -0.359 e. The van der Waals surface area contributed by atoms with Gasteiger partial charge in [0.15, 0.2) is 11.6 Å². The minimum atomic E-state index is 0. The molecule has 7 heteroatoms. The summed E-state index contributed by atoms with van der Waals surface area (Å²) in [6.07, 6.45) is 2.77. The van der Waals surface area contributed by atoms with Crippen LogP contribution in [0.2, 0.25) is 0 Å². The molecule has 0 spiro atoms. The summed E-state index contributed by atoms with van der Waals surface area (Å²) in [7, 11) is 3.58. The van der Waals surface area contributed by atoms with E-state index in [0.29, 0.717) is 0 Å². The Labute approximate surface area is 123 Å². The Bertz CT molecular complexity index is 521. The predicted molar refractivity (Wildman–Crippen MR) is 82.5 cm³/mol. The molecule has 0 aromatic carbocycles. The van der Waals surface area contributed by atoms with E-state index in [1.165, 1.54) is 0 Å². The molecule has 2 aromatic rings. The Hall–Kier alpha value is -1.38. The van der Waals surface area contributed by atoms with Crippen molar-refractivity contribution in [1.29, 1.82) is 0 Å². The van der Waals surface area contributed by atoms with Crippen LogP contribution in [0.1, 0.15) is 5.82 Å². The van der Waals surface area contributed by atoms with Crippen LogP contribution in [0.25, 0.3) is 5.65 Å². The number of pyridine rings is 1. The third kappa shape index (κ3) is 3.31. The van der Waals surface area contributed by atoms with Gasteiger partial charge in [-0.3, -0.25) is 9.39 Å². The Morgan fingerprint density at radius 1 is 1.39 bits per heavy atom. The van der Waals surface area contributed by atoms with Gasteiger partial charge >= 0.3 is 0 Å². The summed E-state index contributed by atoms with van der Waals surface area (Å²) in [6, 6.07) is 5.87. The van der Waals surface area contributed by atoms with Gasteiger partial charge in [-0.25, -0.2) is 0 Å². The molecule has 0 aliphatic heterocycles. The zero-order valence-corrected chi connectivity index (χ0v) is 12.8. The number of hydrogen-bond donors (Lipinski definition) is 2. The lowest BCUT2D eigenvalue weighted by atomic mass is 10.4. The van der Waals surface area contributed by atoms with Gasteiger partial charge in [0.2, 0.25) is 0 Å². The van der Waals surface area contributed by atoms with E-state index in [2.05, 4.69) is 25.8 Å². The molecular weight excluding hydrogens is 343 g/mol. The van der Waals surface area contributed by atoms with Gasteiger partial charge in [0.05, 0.1) is 0 Å². The van der Waals surface area contributed by atoms with E-state index in [-0.39, 0.29) is 24.0 Å². The molecule has 2 heterocycles. The normalized spacial score (nSPS) is 11.1. The molecule has 0 aliphatic rings. The Morgan fingerprint density at radius 3 is 2.94 bits per heavy atom. The molecule has 0 saturated carbocycles. The number of rotatable bonds is 3. The van der Waals surface area contributed by atoms with Gasteiger partial charge in [-0.15, -0.1) is 34.2 Å². The van der Waals surface area contributed by atoms with Gasteiger partial charge in [0.25, 0.3) is 0 Å². The molecule has 98 valence electrons. The number of hydrogen-bond acceptors (Lipinski definition) is 3. The second-order valence-electron chi connectivity index (χ2n) is 3.54. The standard InChI is InChI=1S/C11H16N6.HI/c1-12-11(13-2)14-7-6-10-16-15-9-5-3-4-8-17(9)10;/h3-5,8H,6-7H2,1-2H3,(H2,12,13,14);1H. The van der Waals surface area contributed by atoms with E-state index >= 15 is 0 Å². The topological polar surface area (TPSA) is 66.6 Å². The summed E-state index contributed by atoms with van der Waals surface area (Å²) >= 11 is 0. The van der Waals surface area contributed by atoms with Gasteiger partial charge in [0, 0.05) is 33.3 Å². The van der Waals surface area contributed by atoms with Crippen LogP contribution >= 0.6 is 24.0 Å². The number of aromatic nitrogens is 3. The molecule has 0 aliphatic carbocycles. The van der Waals surface area contributed by atoms with Crippen LogP contribution in [0.15, 0.2) is 29.4 Å². The van der Waals surface area contributed by atoms with Crippen molar-refractivity contribution in [1.82, 2.24) is 25.2 Å². The van der Waals surface area contributed by atoms with Crippen molar-refractivity contribution in [3.05, 3.63) is 30.2 Å². The van der Waals surface area contributed by atoms with Crippen LogP contribution in [-0.4, -0.2) is 41.2 Å². The lowest BCUT2D eigenvalue weighted by Gasteiger charge is -2.07. The summed E-state index contributed by atoms with van der Waals surface area (Å²) in [5.74, 6) is 1.72. The fraction of sp³-hybridized carbons (Fsp3) is 0.364.